The van der Waals surface area contributed by atoms with Crippen LogP contribution >= 0.6 is 12.4 Å². The lowest BCUT2D eigenvalue weighted by Gasteiger charge is -2.23. The molecule has 0 bridgehead atoms. The molecule has 1 aliphatic carbocycles. The smallest absolute Gasteiger partial charge is 0.317 e. The fourth-order valence-corrected chi connectivity index (χ4v) is 4.16. The number of halogens is 1. The van der Waals surface area contributed by atoms with E-state index < -0.39 is 16.0 Å². The van der Waals surface area contributed by atoms with Gasteiger partial charge in [0.05, 0.1) is 16.0 Å². The van der Waals surface area contributed by atoms with E-state index in [2.05, 4.69) is 15.7 Å². The molecule has 2 aliphatic rings. The molecular formula is C18H22ClN5O5. The third-order valence-corrected chi connectivity index (χ3v) is 5.61. The normalized spacial score (nSPS) is 16.7. The number of nitro groups is 1. The Morgan fingerprint density at radius 2 is 1.83 bits per heavy atom. The molecule has 1 aromatic carbocycles. The molecule has 29 heavy (non-hydrogen) atoms. The summed E-state index contributed by atoms with van der Waals surface area (Å²) < 4.78 is 0.875. The van der Waals surface area contributed by atoms with Gasteiger partial charge in [-0.15, -0.1) is 12.4 Å². The zero-order chi connectivity index (χ0) is 19.8. The van der Waals surface area contributed by atoms with Crippen LogP contribution in [0.3, 0.4) is 0 Å². The number of H-pyrrole nitrogens is 1. The van der Waals surface area contributed by atoms with Crippen LogP contribution < -0.4 is 21.9 Å². The largest absolute Gasteiger partial charge is 0.335 e. The number of aryl methyl sites for hydroxylation is 1. The Kier molecular flexibility index (Phi) is 6.04. The molecule has 11 heteroatoms. The Bertz CT molecular complexity index is 1090. The van der Waals surface area contributed by atoms with Gasteiger partial charge in [-0.1, -0.05) is 0 Å². The van der Waals surface area contributed by atoms with Crippen LogP contribution in [0.5, 0.6) is 0 Å². The van der Waals surface area contributed by atoms with Crippen molar-refractivity contribution in [2.45, 2.75) is 38.5 Å². The summed E-state index contributed by atoms with van der Waals surface area (Å²) in [7, 11) is 0. The minimum Gasteiger partial charge on any atom is -0.317 e. The Morgan fingerprint density at radius 1 is 1.17 bits per heavy atom. The van der Waals surface area contributed by atoms with Crippen LogP contribution in [0.1, 0.15) is 36.8 Å². The van der Waals surface area contributed by atoms with Gasteiger partial charge in [-0.05, 0) is 57.2 Å². The number of hydrogen-bond donors (Lipinski definition) is 3. The Morgan fingerprint density at radius 3 is 2.48 bits per heavy atom. The lowest BCUT2D eigenvalue weighted by atomic mass is 9.89. The molecule has 3 N–H and O–H groups in total. The third-order valence-electron chi connectivity index (χ3n) is 5.61. The fraction of sp³-hybridized carbons (Fsp3) is 0.500. The van der Waals surface area contributed by atoms with E-state index in [1.807, 2.05) is 0 Å². The molecule has 0 atom stereocenters. The molecule has 0 radical (unpaired) electrons. The molecule has 1 fully saturated rings. The summed E-state index contributed by atoms with van der Waals surface area (Å²) in [6.07, 6.45) is 4.03. The van der Waals surface area contributed by atoms with Crippen LogP contribution in [0.4, 0.5) is 5.69 Å². The van der Waals surface area contributed by atoms with Crippen molar-refractivity contribution in [1.82, 2.24) is 15.0 Å². The number of nitrogens with zero attached hydrogens (tertiary/aromatic N) is 2. The van der Waals surface area contributed by atoms with E-state index in [9.17, 15) is 24.5 Å². The summed E-state index contributed by atoms with van der Waals surface area (Å²) in [4.78, 5) is 51.0. The van der Waals surface area contributed by atoms with Crippen LogP contribution in [-0.4, -0.2) is 33.6 Å². The number of rotatable bonds is 3. The topological polar surface area (TPSA) is 139 Å². The highest BCUT2D eigenvalue weighted by atomic mass is 35.5. The predicted molar refractivity (Wildman–Crippen MR) is 109 cm³/mol. The maximum atomic E-state index is 12.6. The third kappa shape index (κ3) is 3.77. The molecule has 0 saturated carbocycles. The van der Waals surface area contributed by atoms with E-state index >= 15 is 0 Å². The summed E-state index contributed by atoms with van der Waals surface area (Å²) in [5.41, 5.74) is 2.43. The summed E-state index contributed by atoms with van der Waals surface area (Å²) in [5, 5.41) is 14.8. The molecule has 4 rings (SSSR count). The van der Waals surface area contributed by atoms with E-state index in [4.69, 9.17) is 0 Å². The minimum atomic E-state index is -0.958. The maximum Gasteiger partial charge on any atom is 0.335 e. The lowest BCUT2D eigenvalue weighted by Crippen LogP contribution is -2.45. The van der Waals surface area contributed by atoms with E-state index in [1.54, 1.807) is 0 Å². The first-order chi connectivity index (χ1) is 13.5. The number of carbonyl (C=O) groups is 1. The highest BCUT2D eigenvalue weighted by molar-refractivity contribution is 5.90. The van der Waals surface area contributed by atoms with Crippen molar-refractivity contribution in [2.24, 2.45) is 5.92 Å². The molecule has 2 heterocycles. The summed E-state index contributed by atoms with van der Waals surface area (Å²) in [5.74, 6) is -0.647. The predicted octanol–water partition coefficient (Wildman–Crippen LogP) is 0.968. The van der Waals surface area contributed by atoms with E-state index in [0.717, 1.165) is 17.5 Å². The van der Waals surface area contributed by atoms with E-state index in [-0.39, 0.29) is 35.4 Å². The molecule has 1 saturated heterocycles. The van der Waals surface area contributed by atoms with Gasteiger partial charge in [-0.25, -0.2) is 4.68 Å². The van der Waals surface area contributed by atoms with Crippen LogP contribution in [0.2, 0.25) is 0 Å². The van der Waals surface area contributed by atoms with Crippen LogP contribution in [0, 0.1) is 16.0 Å². The van der Waals surface area contributed by atoms with Gasteiger partial charge in [-0.2, -0.15) is 0 Å². The summed E-state index contributed by atoms with van der Waals surface area (Å²) >= 11 is 0. The van der Waals surface area contributed by atoms with Crippen molar-refractivity contribution in [1.29, 1.82) is 0 Å². The van der Waals surface area contributed by atoms with Crippen LogP contribution in [0.25, 0.3) is 11.0 Å². The van der Waals surface area contributed by atoms with Crippen LogP contribution in [-0.2, 0) is 17.6 Å². The van der Waals surface area contributed by atoms with Crippen LogP contribution in [0.15, 0.2) is 15.7 Å². The first-order valence-corrected chi connectivity index (χ1v) is 9.47. The van der Waals surface area contributed by atoms with Crippen molar-refractivity contribution < 1.29 is 9.72 Å². The molecule has 1 aliphatic heterocycles. The molecular weight excluding hydrogens is 402 g/mol. The molecule has 0 unspecified atom stereocenters. The van der Waals surface area contributed by atoms with E-state index in [1.165, 1.54) is 6.07 Å². The zero-order valence-electron chi connectivity index (χ0n) is 15.7. The number of aromatic nitrogens is 2. The summed E-state index contributed by atoms with van der Waals surface area (Å²) in [6.45, 7) is 1.39. The number of amides is 1. The fourth-order valence-electron chi connectivity index (χ4n) is 4.16. The molecule has 156 valence electrons. The molecule has 1 aromatic heterocycles. The number of aromatic amines is 1. The van der Waals surface area contributed by atoms with Gasteiger partial charge >= 0.3 is 11.1 Å². The number of nitro benzene ring substituents is 1. The second kappa shape index (κ2) is 8.34. The second-order valence-corrected chi connectivity index (χ2v) is 7.31. The highest BCUT2D eigenvalue weighted by Gasteiger charge is 2.27. The summed E-state index contributed by atoms with van der Waals surface area (Å²) in [6, 6.07) is 1.28. The van der Waals surface area contributed by atoms with Gasteiger partial charge in [0.15, 0.2) is 0 Å². The zero-order valence-corrected chi connectivity index (χ0v) is 16.5. The van der Waals surface area contributed by atoms with Gasteiger partial charge < -0.3 is 10.3 Å². The Labute approximate surface area is 171 Å². The Balaban J connectivity index is 0.00000240. The van der Waals surface area contributed by atoms with Crippen molar-refractivity contribution in [3.8, 4) is 0 Å². The number of hydrogen-bond acceptors (Lipinski definition) is 6. The van der Waals surface area contributed by atoms with Crippen molar-refractivity contribution >= 4 is 35.0 Å². The average molecular weight is 424 g/mol. The molecule has 1 amide bonds. The number of benzene rings is 1. The van der Waals surface area contributed by atoms with Crippen molar-refractivity contribution in [3.05, 3.63) is 48.0 Å². The van der Waals surface area contributed by atoms with Gasteiger partial charge in [0.25, 0.3) is 5.69 Å². The SMILES string of the molecule is Cl.O=C(Nn1c(=O)c(=O)[nH]c2c3c(c([N+](=O)[O-])cc21)CCCC3)C1CCNCC1. The Hall–Kier alpha value is -2.72. The number of nitrogens with one attached hydrogen (secondary N) is 3. The molecule has 10 nitrogen and oxygen atoms in total. The number of fused-ring (bicyclic) bond motifs is 3. The molecule has 0 spiro atoms. The number of piperidine rings is 1. The van der Waals surface area contributed by atoms with Gasteiger partial charge in [0, 0.05) is 17.5 Å². The highest BCUT2D eigenvalue weighted by Crippen LogP contribution is 2.34. The van der Waals surface area contributed by atoms with E-state index in [0.29, 0.717) is 55.4 Å². The van der Waals surface area contributed by atoms with Gasteiger partial charge in [0.2, 0.25) is 5.91 Å². The van der Waals surface area contributed by atoms with Crippen molar-refractivity contribution in [3.63, 3.8) is 0 Å². The van der Waals surface area contributed by atoms with Gasteiger partial charge in [-0.3, -0.25) is 29.9 Å². The first kappa shape index (κ1) is 21.0. The monoisotopic (exact) mass is 423 g/mol. The molecule has 2 aromatic rings. The van der Waals surface area contributed by atoms with Gasteiger partial charge in [0.1, 0.15) is 0 Å². The second-order valence-electron chi connectivity index (χ2n) is 7.31. The quantitative estimate of drug-likeness (QED) is 0.382. The standard InChI is InChI=1S/C18H21N5O5.ClH/c24-16(10-5-7-19-8-6-10)21-22-14-9-13(23(27)28)11-3-1-2-4-12(11)15(14)20-17(25)18(22)26;/h9-10,19H,1-8H2,(H,20,25)(H,21,24);1H. The average Bonchev–Trinajstić information content (AvgIpc) is 2.71. The minimum absolute atomic E-state index is 0. The lowest BCUT2D eigenvalue weighted by molar-refractivity contribution is -0.385. The van der Waals surface area contributed by atoms with Crippen molar-refractivity contribution in [2.75, 3.05) is 18.5 Å². The number of carbonyl (C=O) groups excluding carboxylic acids is 1. The maximum absolute atomic E-state index is 12.6. The first-order valence-electron chi connectivity index (χ1n) is 9.47.